The van der Waals surface area contributed by atoms with Gasteiger partial charge in [0.25, 0.3) is 0 Å². The van der Waals surface area contributed by atoms with Gasteiger partial charge in [-0.05, 0) is 62.4 Å². The van der Waals surface area contributed by atoms with Crippen molar-refractivity contribution >= 4 is 38.2 Å². The van der Waals surface area contributed by atoms with Gasteiger partial charge in [0.2, 0.25) is 15.7 Å². The van der Waals surface area contributed by atoms with Gasteiger partial charge in [0.15, 0.2) is 6.01 Å². The zero-order valence-electron chi connectivity index (χ0n) is 21.5. The molecule has 0 unspecified atom stereocenters. The number of amides is 1. The molecule has 11 heteroatoms. The molecule has 1 aliphatic heterocycles. The second-order valence-electron chi connectivity index (χ2n) is 9.58. The normalized spacial score (nSPS) is 17.8. The Bertz CT molecular complexity index is 1620. The van der Waals surface area contributed by atoms with Crippen LogP contribution in [0.4, 0.5) is 15.9 Å². The van der Waals surface area contributed by atoms with E-state index in [0.717, 1.165) is 30.0 Å². The first-order valence-electron chi connectivity index (χ1n) is 12.5. The van der Waals surface area contributed by atoms with Crippen molar-refractivity contribution in [1.29, 1.82) is 0 Å². The fourth-order valence-corrected chi connectivity index (χ4v) is 5.32. The van der Waals surface area contributed by atoms with E-state index in [1.165, 1.54) is 24.3 Å². The highest BCUT2D eigenvalue weighted by atomic mass is 32.2. The highest BCUT2D eigenvalue weighted by Gasteiger charge is 2.23. The van der Waals surface area contributed by atoms with Crippen molar-refractivity contribution in [3.8, 4) is 11.4 Å². The Morgan fingerprint density at radius 2 is 1.77 bits per heavy atom. The number of anilines is 2. The molecule has 0 saturated carbocycles. The number of carbonyl (C=O) groups excluding carboxylic acids is 1. The van der Waals surface area contributed by atoms with Crippen molar-refractivity contribution in [1.82, 2.24) is 15.0 Å². The Kier molecular flexibility index (Phi) is 7.53. The fraction of sp³-hybridized carbons (Fsp3) is 0.286. The second kappa shape index (κ2) is 11.0. The summed E-state index contributed by atoms with van der Waals surface area (Å²) in [5, 5.41) is 3.46. The number of sulfone groups is 1. The van der Waals surface area contributed by atoms with Gasteiger partial charge in [-0.25, -0.2) is 22.8 Å². The first-order valence-corrected chi connectivity index (χ1v) is 14.2. The molecule has 1 N–H and O–H groups in total. The molecule has 0 bridgehead atoms. The molecule has 1 saturated heterocycles. The van der Waals surface area contributed by atoms with Crippen molar-refractivity contribution < 1.29 is 22.3 Å². The third-order valence-corrected chi connectivity index (χ3v) is 7.59. The Balaban J connectivity index is 1.34. The van der Waals surface area contributed by atoms with E-state index in [2.05, 4.69) is 29.0 Å². The highest BCUT2D eigenvalue weighted by Crippen LogP contribution is 2.24. The third kappa shape index (κ3) is 6.21. The molecule has 9 nitrogen and oxygen atoms in total. The number of nitrogens with zero attached hydrogens (tertiary/aromatic N) is 4. The molecule has 5 rings (SSSR count). The van der Waals surface area contributed by atoms with Gasteiger partial charge >= 0.3 is 0 Å². The molecule has 2 atom stereocenters. The van der Waals surface area contributed by atoms with E-state index in [4.69, 9.17) is 14.7 Å². The van der Waals surface area contributed by atoms with Crippen molar-refractivity contribution in [2.24, 2.45) is 0 Å². The summed E-state index contributed by atoms with van der Waals surface area (Å²) in [6.45, 7) is 5.63. The van der Waals surface area contributed by atoms with Gasteiger partial charge < -0.3 is 15.0 Å². The molecule has 39 heavy (non-hydrogen) atoms. The minimum atomic E-state index is -4.03. The maximum Gasteiger partial charge on any atom is 0.230 e. The highest BCUT2D eigenvalue weighted by molar-refractivity contribution is 7.91. The Morgan fingerprint density at radius 3 is 2.54 bits per heavy atom. The molecule has 0 aliphatic carbocycles. The number of nitrogens with one attached hydrogen (secondary N) is 1. The van der Waals surface area contributed by atoms with Crippen molar-refractivity contribution in [3.05, 3.63) is 72.6 Å². The summed E-state index contributed by atoms with van der Waals surface area (Å²) < 4.78 is 42.3. The monoisotopic (exact) mass is 549 g/mol. The van der Waals surface area contributed by atoms with Gasteiger partial charge in [-0.15, -0.1) is 0 Å². The van der Waals surface area contributed by atoms with Gasteiger partial charge in [0.05, 0.1) is 46.1 Å². The van der Waals surface area contributed by atoms with Gasteiger partial charge in [-0.3, -0.25) is 9.78 Å². The summed E-state index contributed by atoms with van der Waals surface area (Å²) in [4.78, 5) is 28.7. The molecule has 0 spiro atoms. The lowest BCUT2D eigenvalue weighted by atomic mass is 10.1. The summed E-state index contributed by atoms with van der Waals surface area (Å²) in [5.41, 5.74) is 2.86. The van der Waals surface area contributed by atoms with Gasteiger partial charge in [0, 0.05) is 30.4 Å². The predicted molar refractivity (Wildman–Crippen MR) is 147 cm³/mol. The van der Waals surface area contributed by atoms with E-state index in [1.54, 1.807) is 12.3 Å². The standard InChI is InChI=1S/C28H28FN5O4S/c1-18-15-34(16-19(2)38-18)27-8-4-7-24(33-27)25-10-9-20-14-30-22(12-26(20)32-25)13-28(35)31-21-5-3-6-23(11-21)39(36,37)17-29/h3-12,14,18-19H,13,15-17H2,1-2H3,(H,31,35)/t18-,19+. The maximum atomic E-state index is 12.8. The van der Waals surface area contributed by atoms with Crippen LogP contribution in [-0.4, -0.2) is 60.6 Å². The van der Waals surface area contributed by atoms with Crippen LogP contribution >= 0.6 is 0 Å². The lowest BCUT2D eigenvalue weighted by Gasteiger charge is -2.36. The molecule has 3 aromatic heterocycles. The minimum Gasteiger partial charge on any atom is -0.372 e. The molecule has 1 fully saturated rings. The third-order valence-electron chi connectivity index (χ3n) is 6.33. The Labute approximate surface area is 226 Å². The van der Waals surface area contributed by atoms with E-state index >= 15 is 0 Å². The number of alkyl halides is 1. The van der Waals surface area contributed by atoms with Crippen molar-refractivity contribution in [2.45, 2.75) is 37.4 Å². The van der Waals surface area contributed by atoms with Crippen LogP contribution in [0.2, 0.25) is 0 Å². The van der Waals surface area contributed by atoms with Crippen molar-refractivity contribution in [3.63, 3.8) is 0 Å². The second-order valence-corrected chi connectivity index (χ2v) is 11.5. The molecule has 4 heterocycles. The molecule has 0 radical (unpaired) electrons. The number of pyridine rings is 3. The van der Waals surface area contributed by atoms with E-state index in [-0.39, 0.29) is 29.2 Å². The van der Waals surface area contributed by atoms with Crippen LogP contribution in [0.15, 0.2) is 71.8 Å². The van der Waals surface area contributed by atoms with E-state index in [0.29, 0.717) is 16.9 Å². The quantitative estimate of drug-likeness (QED) is 0.365. The van der Waals surface area contributed by atoms with E-state index in [1.807, 2.05) is 30.3 Å². The van der Waals surface area contributed by atoms with Crippen LogP contribution in [0.25, 0.3) is 22.3 Å². The fourth-order valence-electron chi connectivity index (χ4n) is 4.60. The maximum absolute atomic E-state index is 12.8. The Morgan fingerprint density at radius 1 is 1.03 bits per heavy atom. The molecule has 1 aromatic carbocycles. The molecular formula is C28H28FN5O4S. The lowest BCUT2D eigenvalue weighted by Crippen LogP contribution is -2.45. The summed E-state index contributed by atoms with van der Waals surface area (Å²) in [6, 6.07) is 15.4. The number of carbonyl (C=O) groups is 1. The smallest absolute Gasteiger partial charge is 0.230 e. The van der Waals surface area contributed by atoms with Crippen LogP contribution in [0, 0.1) is 0 Å². The molecule has 202 valence electrons. The Hall–Kier alpha value is -3.96. The van der Waals surface area contributed by atoms with E-state index in [9.17, 15) is 17.6 Å². The van der Waals surface area contributed by atoms with Gasteiger partial charge in [0.1, 0.15) is 5.82 Å². The number of ether oxygens (including phenoxy) is 1. The number of halogens is 1. The first kappa shape index (κ1) is 26.6. The average Bonchev–Trinajstić information content (AvgIpc) is 2.92. The minimum absolute atomic E-state index is 0.0525. The summed E-state index contributed by atoms with van der Waals surface area (Å²) >= 11 is 0. The predicted octanol–water partition coefficient (Wildman–Crippen LogP) is 4.19. The van der Waals surface area contributed by atoms with Crippen LogP contribution in [0.3, 0.4) is 0 Å². The van der Waals surface area contributed by atoms with E-state index < -0.39 is 21.8 Å². The molecule has 1 amide bonds. The number of hydrogen-bond acceptors (Lipinski definition) is 8. The summed E-state index contributed by atoms with van der Waals surface area (Å²) in [5.74, 6) is 0.475. The van der Waals surface area contributed by atoms with Crippen LogP contribution < -0.4 is 10.2 Å². The van der Waals surface area contributed by atoms with Crippen LogP contribution in [0.5, 0.6) is 0 Å². The van der Waals surface area contributed by atoms with Crippen molar-refractivity contribution in [2.75, 3.05) is 29.3 Å². The van der Waals surface area contributed by atoms with Gasteiger partial charge in [-0.1, -0.05) is 12.1 Å². The average molecular weight is 550 g/mol. The zero-order chi connectivity index (χ0) is 27.6. The summed E-state index contributed by atoms with van der Waals surface area (Å²) in [6.07, 6.45) is 1.84. The topological polar surface area (TPSA) is 114 Å². The number of aromatic nitrogens is 3. The number of rotatable bonds is 7. The largest absolute Gasteiger partial charge is 0.372 e. The number of morpholine rings is 1. The number of fused-ring (bicyclic) bond motifs is 1. The molecule has 1 aliphatic rings. The number of hydrogen-bond donors (Lipinski definition) is 1. The molecular weight excluding hydrogens is 521 g/mol. The lowest BCUT2D eigenvalue weighted by molar-refractivity contribution is -0.115. The first-order chi connectivity index (χ1) is 18.7. The molecule has 4 aromatic rings. The zero-order valence-corrected chi connectivity index (χ0v) is 22.4. The van der Waals surface area contributed by atoms with Crippen LogP contribution in [-0.2, 0) is 25.8 Å². The number of benzene rings is 1. The van der Waals surface area contributed by atoms with Crippen LogP contribution in [0.1, 0.15) is 19.5 Å². The van der Waals surface area contributed by atoms with Gasteiger partial charge in [-0.2, -0.15) is 0 Å². The summed E-state index contributed by atoms with van der Waals surface area (Å²) in [7, 11) is -4.03. The SMILES string of the molecule is C[C@@H]1CN(c2cccc(-c3ccc4cnc(CC(=O)Nc5cccc(S(=O)(=O)CF)c5)cc4n3)n2)C[C@H](C)O1.